The average molecular weight is 471 g/mol. The van der Waals surface area contributed by atoms with Gasteiger partial charge in [0.1, 0.15) is 12.5 Å². The molecule has 190 valence electrons. The van der Waals surface area contributed by atoms with Crippen molar-refractivity contribution in [3.05, 3.63) is 0 Å². The van der Waals surface area contributed by atoms with E-state index in [1.807, 2.05) is 0 Å². The fourth-order valence-electron chi connectivity index (χ4n) is 5.92. The maximum Gasteiger partial charge on any atom is 0.227 e. The minimum atomic E-state index is -0.849. The van der Waals surface area contributed by atoms with E-state index in [4.69, 9.17) is 4.74 Å². The Hall–Kier alpha value is -0.920. The van der Waals surface area contributed by atoms with Crippen molar-refractivity contribution in [3.8, 4) is 0 Å². The smallest absolute Gasteiger partial charge is 0.227 e. The van der Waals surface area contributed by atoms with E-state index in [0.717, 1.165) is 51.9 Å². The van der Waals surface area contributed by atoms with Crippen molar-refractivity contribution in [3.63, 3.8) is 0 Å². The molecule has 3 heterocycles. The van der Waals surface area contributed by atoms with Crippen LogP contribution in [0.5, 0.6) is 0 Å². The number of rotatable bonds is 6. The van der Waals surface area contributed by atoms with Gasteiger partial charge in [-0.2, -0.15) is 0 Å². The lowest BCUT2D eigenvalue weighted by Crippen LogP contribution is -2.72. The summed E-state index contributed by atoms with van der Waals surface area (Å²) in [6.45, 7) is 5.34. The van der Waals surface area contributed by atoms with Crippen molar-refractivity contribution in [2.24, 2.45) is 11.8 Å². The predicted octanol–water partition coefficient (Wildman–Crippen LogP) is -1.92. The third-order valence-corrected chi connectivity index (χ3v) is 7.68. The molecule has 1 aliphatic carbocycles. The summed E-state index contributed by atoms with van der Waals surface area (Å²) in [7, 11) is 3.46. The highest BCUT2D eigenvalue weighted by Crippen LogP contribution is 2.30. The minimum absolute atomic E-state index is 0.0202. The number of hydrogen-bond donors (Lipinski definition) is 7. The van der Waals surface area contributed by atoms with Crippen LogP contribution in [0.3, 0.4) is 0 Å². The lowest BCUT2D eigenvalue weighted by molar-refractivity contribution is -0.128. The summed E-state index contributed by atoms with van der Waals surface area (Å²) in [6, 6.07) is 0.106. The van der Waals surface area contributed by atoms with E-state index in [0.29, 0.717) is 19.6 Å². The van der Waals surface area contributed by atoms with Gasteiger partial charge in [0.25, 0.3) is 0 Å². The Morgan fingerprint density at radius 1 is 1.06 bits per heavy atom. The van der Waals surface area contributed by atoms with E-state index in [1.54, 1.807) is 14.2 Å². The van der Waals surface area contributed by atoms with Gasteiger partial charge in [0.2, 0.25) is 5.91 Å². The van der Waals surface area contributed by atoms with Gasteiger partial charge in [-0.1, -0.05) is 6.42 Å². The number of alkyl halides is 1. The van der Waals surface area contributed by atoms with Crippen LogP contribution < -0.4 is 37.2 Å². The van der Waals surface area contributed by atoms with Crippen molar-refractivity contribution in [1.82, 2.24) is 42.1 Å². The minimum Gasteiger partial charge on any atom is -0.379 e. The molecule has 4 aliphatic rings. The monoisotopic (exact) mass is 470 g/mol. The molecule has 1 amide bonds. The molecule has 1 saturated carbocycles. The number of methoxy groups -OCH3 is 1. The third-order valence-electron chi connectivity index (χ3n) is 7.68. The van der Waals surface area contributed by atoms with Crippen molar-refractivity contribution in [2.75, 3.05) is 60.0 Å². The first-order valence-electron chi connectivity index (χ1n) is 12.7. The highest BCUT2D eigenvalue weighted by atomic mass is 19.1. The SMILES string of the molecule is CNC(=O)C1CNC(N2CCCNCC2)NC1NC1CCCC(C2NCC(F)CN2)C1OC. The van der Waals surface area contributed by atoms with E-state index in [1.165, 1.54) is 0 Å². The van der Waals surface area contributed by atoms with Gasteiger partial charge < -0.3 is 15.4 Å². The maximum atomic E-state index is 13.6. The molecule has 10 nitrogen and oxygen atoms in total. The van der Waals surface area contributed by atoms with Crippen LogP contribution in [0.4, 0.5) is 4.39 Å². The summed E-state index contributed by atoms with van der Waals surface area (Å²) in [4.78, 5) is 15.1. The summed E-state index contributed by atoms with van der Waals surface area (Å²) in [5.41, 5.74) is 0. The second kappa shape index (κ2) is 12.2. The Morgan fingerprint density at radius 3 is 2.64 bits per heavy atom. The van der Waals surface area contributed by atoms with Crippen molar-refractivity contribution in [2.45, 2.75) is 62.6 Å². The second-order valence-corrected chi connectivity index (χ2v) is 9.78. The van der Waals surface area contributed by atoms with Crippen LogP contribution >= 0.6 is 0 Å². The molecule has 0 spiro atoms. The van der Waals surface area contributed by atoms with E-state index < -0.39 is 6.17 Å². The molecule has 0 radical (unpaired) electrons. The quantitative estimate of drug-likeness (QED) is 0.239. The first-order valence-corrected chi connectivity index (χ1v) is 12.7. The number of nitrogens with one attached hydrogen (secondary N) is 7. The van der Waals surface area contributed by atoms with Gasteiger partial charge >= 0.3 is 0 Å². The van der Waals surface area contributed by atoms with Crippen molar-refractivity contribution < 1.29 is 13.9 Å². The third kappa shape index (κ3) is 6.21. The molecule has 0 bridgehead atoms. The number of ether oxygens (including phenoxy) is 1. The summed E-state index contributed by atoms with van der Waals surface area (Å²) >= 11 is 0. The van der Waals surface area contributed by atoms with E-state index in [2.05, 4.69) is 42.1 Å². The molecule has 6 unspecified atom stereocenters. The van der Waals surface area contributed by atoms with Crippen LogP contribution in [-0.2, 0) is 9.53 Å². The van der Waals surface area contributed by atoms with E-state index in [-0.39, 0.29) is 48.5 Å². The van der Waals surface area contributed by atoms with Gasteiger partial charge in [-0.05, 0) is 25.8 Å². The zero-order valence-electron chi connectivity index (χ0n) is 20.0. The number of hydrogen-bond acceptors (Lipinski definition) is 9. The zero-order chi connectivity index (χ0) is 23.2. The topological polar surface area (TPSA) is 114 Å². The zero-order valence-corrected chi connectivity index (χ0v) is 20.0. The molecule has 33 heavy (non-hydrogen) atoms. The largest absolute Gasteiger partial charge is 0.379 e. The first kappa shape index (κ1) is 25.2. The lowest BCUT2D eigenvalue weighted by atomic mass is 9.80. The Morgan fingerprint density at radius 2 is 1.88 bits per heavy atom. The average Bonchev–Trinajstić information content (AvgIpc) is 3.13. The van der Waals surface area contributed by atoms with Crippen LogP contribution in [0, 0.1) is 11.8 Å². The van der Waals surface area contributed by atoms with Crippen molar-refractivity contribution in [1.29, 1.82) is 0 Å². The molecule has 4 fully saturated rings. The number of halogens is 1. The molecule has 7 N–H and O–H groups in total. The van der Waals surface area contributed by atoms with Gasteiger partial charge in [-0.15, -0.1) is 0 Å². The van der Waals surface area contributed by atoms with Gasteiger partial charge in [0.05, 0.1) is 24.4 Å². The molecular weight excluding hydrogens is 427 g/mol. The molecule has 4 rings (SSSR count). The molecular formula is C22H43FN8O2. The van der Waals surface area contributed by atoms with Gasteiger partial charge in [0.15, 0.2) is 0 Å². The Labute approximate surface area is 196 Å². The van der Waals surface area contributed by atoms with Gasteiger partial charge in [-0.3, -0.25) is 36.3 Å². The molecule has 0 aromatic carbocycles. The van der Waals surface area contributed by atoms with E-state index >= 15 is 0 Å². The predicted molar refractivity (Wildman–Crippen MR) is 125 cm³/mol. The van der Waals surface area contributed by atoms with Gasteiger partial charge in [0, 0.05) is 65.4 Å². The van der Waals surface area contributed by atoms with Crippen LogP contribution in [0.25, 0.3) is 0 Å². The number of carbonyl (C=O) groups excluding carboxylic acids is 1. The Bertz CT molecular complexity index is 615. The summed E-state index contributed by atoms with van der Waals surface area (Å²) in [6.07, 6.45) is 3.20. The summed E-state index contributed by atoms with van der Waals surface area (Å²) in [5, 5.41) is 23.9. The number of nitrogens with zero attached hydrogens (tertiary/aromatic N) is 1. The van der Waals surface area contributed by atoms with Crippen LogP contribution in [0.1, 0.15) is 25.7 Å². The van der Waals surface area contributed by atoms with Crippen LogP contribution in [0.2, 0.25) is 0 Å². The first-order chi connectivity index (χ1) is 16.1. The molecule has 0 aromatic heterocycles. The normalized spacial score (nSPS) is 41.3. The standard InChI is InChI=1S/C22H43FN8O2/c1-24-21(32)16-13-28-22(31-9-4-7-25-8-10-31)30-20(16)29-17-6-3-5-15(18(17)33-2)19-26-11-14(23)12-27-19/h14-20,22,25-30H,3-13H2,1-2H3,(H,24,32). The highest BCUT2D eigenvalue weighted by Gasteiger charge is 2.43. The van der Waals surface area contributed by atoms with Gasteiger partial charge in [-0.25, -0.2) is 4.39 Å². The fourth-order valence-corrected chi connectivity index (χ4v) is 5.92. The Balaban J connectivity index is 1.44. The highest BCUT2D eigenvalue weighted by molar-refractivity contribution is 5.79. The fraction of sp³-hybridized carbons (Fsp3) is 0.955. The molecule has 0 aromatic rings. The summed E-state index contributed by atoms with van der Waals surface area (Å²) < 4.78 is 19.6. The molecule has 3 aliphatic heterocycles. The van der Waals surface area contributed by atoms with Crippen LogP contribution in [-0.4, -0.2) is 108 Å². The van der Waals surface area contributed by atoms with E-state index in [9.17, 15) is 9.18 Å². The lowest BCUT2D eigenvalue weighted by Gasteiger charge is -2.47. The number of amides is 1. The molecule has 11 heteroatoms. The van der Waals surface area contributed by atoms with Crippen molar-refractivity contribution >= 4 is 5.91 Å². The van der Waals surface area contributed by atoms with Crippen LogP contribution in [0.15, 0.2) is 0 Å². The molecule has 6 atom stereocenters. The maximum absolute atomic E-state index is 13.6. The molecule has 3 saturated heterocycles. The second-order valence-electron chi connectivity index (χ2n) is 9.78. The Kier molecular flexibility index (Phi) is 9.28. The summed E-state index contributed by atoms with van der Waals surface area (Å²) in [5.74, 6) is 0.0308. The number of carbonyl (C=O) groups is 1.